The summed E-state index contributed by atoms with van der Waals surface area (Å²) in [7, 11) is 1.96. The highest BCUT2D eigenvalue weighted by atomic mass is 15.3. The second-order valence-electron chi connectivity index (χ2n) is 3.62. The molecule has 0 aromatic carbocycles. The van der Waals surface area contributed by atoms with Gasteiger partial charge in [0.15, 0.2) is 0 Å². The molecule has 17 heavy (non-hydrogen) atoms. The van der Waals surface area contributed by atoms with Crippen LogP contribution in [-0.4, -0.2) is 22.0 Å². The summed E-state index contributed by atoms with van der Waals surface area (Å²) in [6, 6.07) is 5.74. The smallest absolute Gasteiger partial charge is 0.145 e. The fourth-order valence-electron chi connectivity index (χ4n) is 1.48. The van der Waals surface area contributed by atoms with E-state index in [-0.39, 0.29) is 0 Å². The van der Waals surface area contributed by atoms with Gasteiger partial charge in [-0.1, -0.05) is 0 Å². The van der Waals surface area contributed by atoms with Crippen LogP contribution < -0.4 is 16.2 Å². The third kappa shape index (κ3) is 2.88. The van der Waals surface area contributed by atoms with Crippen molar-refractivity contribution < 1.29 is 0 Å². The fraction of sp³-hybridized carbons (Fsp3) is 0.182. The monoisotopic (exact) mass is 230 g/mol. The number of aromatic nitrogens is 3. The third-order valence-corrected chi connectivity index (χ3v) is 2.36. The second-order valence-corrected chi connectivity index (χ2v) is 3.62. The van der Waals surface area contributed by atoms with Gasteiger partial charge in [0, 0.05) is 32.1 Å². The minimum Gasteiger partial charge on any atom is -0.355 e. The lowest BCUT2D eigenvalue weighted by Crippen LogP contribution is -2.18. The van der Waals surface area contributed by atoms with Gasteiger partial charge in [-0.15, -0.1) is 0 Å². The van der Waals surface area contributed by atoms with Crippen molar-refractivity contribution in [3.05, 3.63) is 42.5 Å². The van der Waals surface area contributed by atoms with Gasteiger partial charge in [-0.05, 0) is 17.7 Å². The first-order valence-electron chi connectivity index (χ1n) is 5.18. The molecule has 2 aromatic heterocycles. The normalized spacial score (nSPS) is 10.0. The Morgan fingerprint density at radius 3 is 2.76 bits per heavy atom. The molecule has 0 atom stereocenters. The molecule has 2 aromatic rings. The molecule has 6 nitrogen and oxygen atoms in total. The van der Waals surface area contributed by atoms with E-state index in [1.165, 1.54) is 11.9 Å². The zero-order valence-corrected chi connectivity index (χ0v) is 9.54. The lowest BCUT2D eigenvalue weighted by molar-refractivity contribution is 0.888. The van der Waals surface area contributed by atoms with Crippen molar-refractivity contribution in [2.24, 2.45) is 5.84 Å². The standard InChI is InChI=1S/C11H14N6/c1-17(7-9-2-4-13-5-3-9)11-6-10(16-12)14-8-15-11/h2-6,8H,7,12H2,1H3,(H,14,15,16). The second kappa shape index (κ2) is 5.22. The number of nitrogens with zero attached hydrogens (tertiary/aromatic N) is 4. The minimum absolute atomic E-state index is 0.594. The number of rotatable bonds is 4. The summed E-state index contributed by atoms with van der Waals surface area (Å²) in [6.45, 7) is 0.754. The summed E-state index contributed by atoms with van der Waals surface area (Å²) >= 11 is 0. The molecule has 0 radical (unpaired) electrons. The molecule has 0 fully saturated rings. The van der Waals surface area contributed by atoms with Crippen molar-refractivity contribution in [3.63, 3.8) is 0 Å². The van der Waals surface area contributed by atoms with Gasteiger partial charge in [0.1, 0.15) is 18.0 Å². The maximum absolute atomic E-state index is 5.30. The number of nitrogens with two attached hydrogens (primary N) is 1. The summed E-state index contributed by atoms with van der Waals surface area (Å²) in [5, 5.41) is 0. The van der Waals surface area contributed by atoms with Gasteiger partial charge in [0.25, 0.3) is 0 Å². The summed E-state index contributed by atoms with van der Waals surface area (Å²) in [5.74, 6) is 6.71. The van der Waals surface area contributed by atoms with Crippen LogP contribution in [0.2, 0.25) is 0 Å². The summed E-state index contributed by atoms with van der Waals surface area (Å²) in [4.78, 5) is 14.1. The number of nitrogens with one attached hydrogen (secondary N) is 1. The predicted octanol–water partition coefficient (Wildman–Crippen LogP) is 0.794. The van der Waals surface area contributed by atoms with Crippen molar-refractivity contribution in [3.8, 4) is 0 Å². The van der Waals surface area contributed by atoms with Crippen LogP contribution in [0.3, 0.4) is 0 Å². The Bertz CT molecular complexity index is 472. The first-order valence-corrected chi connectivity index (χ1v) is 5.18. The molecule has 0 aliphatic rings. The molecule has 2 rings (SSSR count). The molecule has 6 heteroatoms. The lowest BCUT2D eigenvalue weighted by Gasteiger charge is -2.18. The number of hydrogen-bond acceptors (Lipinski definition) is 6. The molecule has 2 heterocycles. The molecule has 0 saturated carbocycles. The molecule has 88 valence electrons. The molecule has 0 amide bonds. The highest BCUT2D eigenvalue weighted by Gasteiger charge is 2.04. The fourth-order valence-corrected chi connectivity index (χ4v) is 1.48. The van der Waals surface area contributed by atoms with Crippen molar-refractivity contribution in [2.75, 3.05) is 17.4 Å². The molecule has 0 unspecified atom stereocenters. The van der Waals surface area contributed by atoms with E-state index in [1.807, 2.05) is 24.1 Å². The van der Waals surface area contributed by atoms with Crippen LogP contribution in [0.15, 0.2) is 36.9 Å². The number of pyridine rings is 1. The largest absolute Gasteiger partial charge is 0.355 e. The molecule has 3 N–H and O–H groups in total. The van der Waals surface area contributed by atoms with E-state index < -0.39 is 0 Å². The zero-order chi connectivity index (χ0) is 12.1. The van der Waals surface area contributed by atoms with Crippen LogP contribution >= 0.6 is 0 Å². The van der Waals surface area contributed by atoms with Gasteiger partial charge in [-0.2, -0.15) is 0 Å². The first-order chi connectivity index (χ1) is 8.29. The molecule has 0 spiro atoms. The average Bonchev–Trinajstić information content (AvgIpc) is 2.40. The van der Waals surface area contributed by atoms with E-state index in [4.69, 9.17) is 5.84 Å². The van der Waals surface area contributed by atoms with Crippen LogP contribution in [0, 0.1) is 0 Å². The molecule has 0 aliphatic carbocycles. The van der Waals surface area contributed by atoms with Crippen LogP contribution in [0.25, 0.3) is 0 Å². The predicted molar refractivity (Wildman–Crippen MR) is 66.2 cm³/mol. The Labute approximate surface area is 99.5 Å². The van der Waals surface area contributed by atoms with Gasteiger partial charge in [-0.25, -0.2) is 15.8 Å². The zero-order valence-electron chi connectivity index (χ0n) is 9.54. The maximum Gasteiger partial charge on any atom is 0.145 e. The topological polar surface area (TPSA) is 80.0 Å². The van der Waals surface area contributed by atoms with Crippen LogP contribution in [0.4, 0.5) is 11.6 Å². The Morgan fingerprint density at radius 1 is 1.29 bits per heavy atom. The molecule has 0 aliphatic heterocycles. The van der Waals surface area contributed by atoms with Gasteiger partial charge in [0.05, 0.1) is 0 Å². The van der Waals surface area contributed by atoms with Crippen molar-refractivity contribution in [1.29, 1.82) is 0 Å². The SMILES string of the molecule is CN(Cc1ccncc1)c1cc(NN)ncn1. The van der Waals surface area contributed by atoms with Crippen LogP contribution in [-0.2, 0) is 6.54 Å². The quantitative estimate of drug-likeness (QED) is 0.597. The maximum atomic E-state index is 5.30. The number of hydrazine groups is 1. The van der Waals surface area contributed by atoms with Crippen molar-refractivity contribution in [2.45, 2.75) is 6.54 Å². The van der Waals surface area contributed by atoms with Gasteiger partial charge in [-0.3, -0.25) is 4.98 Å². The van der Waals surface area contributed by atoms with Crippen LogP contribution in [0.1, 0.15) is 5.56 Å². The molecule has 0 bridgehead atoms. The van der Waals surface area contributed by atoms with Gasteiger partial charge < -0.3 is 10.3 Å². The van der Waals surface area contributed by atoms with Gasteiger partial charge in [0.2, 0.25) is 0 Å². The highest BCUT2D eigenvalue weighted by molar-refractivity contribution is 5.47. The Balaban J connectivity index is 2.11. The molecule has 0 saturated heterocycles. The molecular formula is C11H14N6. The summed E-state index contributed by atoms with van der Waals surface area (Å²) in [5.41, 5.74) is 3.67. The highest BCUT2D eigenvalue weighted by Crippen LogP contribution is 2.14. The van der Waals surface area contributed by atoms with E-state index in [0.29, 0.717) is 5.82 Å². The van der Waals surface area contributed by atoms with Gasteiger partial charge >= 0.3 is 0 Å². The summed E-state index contributed by atoms with van der Waals surface area (Å²) < 4.78 is 0. The van der Waals surface area contributed by atoms with E-state index in [1.54, 1.807) is 18.5 Å². The van der Waals surface area contributed by atoms with Crippen molar-refractivity contribution in [1.82, 2.24) is 15.0 Å². The van der Waals surface area contributed by atoms with Crippen molar-refractivity contribution >= 4 is 11.6 Å². The van der Waals surface area contributed by atoms with Crippen LogP contribution in [0.5, 0.6) is 0 Å². The Morgan fingerprint density at radius 2 is 2.06 bits per heavy atom. The van der Waals surface area contributed by atoms with E-state index in [9.17, 15) is 0 Å². The Hall–Kier alpha value is -2.21. The Kier molecular flexibility index (Phi) is 3.46. The average molecular weight is 230 g/mol. The first kappa shape index (κ1) is 11.3. The lowest BCUT2D eigenvalue weighted by atomic mass is 10.2. The van der Waals surface area contributed by atoms with E-state index >= 15 is 0 Å². The molecular weight excluding hydrogens is 216 g/mol. The number of nitrogen functional groups attached to an aromatic ring is 1. The number of anilines is 2. The van der Waals surface area contributed by atoms with E-state index in [2.05, 4.69) is 20.4 Å². The number of hydrogen-bond donors (Lipinski definition) is 2. The summed E-state index contributed by atoms with van der Waals surface area (Å²) in [6.07, 6.45) is 5.03. The minimum atomic E-state index is 0.594. The van der Waals surface area contributed by atoms with E-state index in [0.717, 1.165) is 12.4 Å². The third-order valence-electron chi connectivity index (χ3n) is 2.36.